The lowest BCUT2D eigenvalue weighted by Gasteiger charge is -2.31. The topological polar surface area (TPSA) is 20.3 Å². The van der Waals surface area contributed by atoms with E-state index in [2.05, 4.69) is 15.9 Å². The molecule has 2 atom stereocenters. The van der Waals surface area contributed by atoms with Gasteiger partial charge in [-0.15, -0.1) is 0 Å². The van der Waals surface area contributed by atoms with Gasteiger partial charge in [-0.2, -0.15) is 13.2 Å². The smallest absolute Gasteiger partial charge is 0.330 e. The summed E-state index contributed by atoms with van der Waals surface area (Å²) in [5.41, 5.74) is 0. The first-order chi connectivity index (χ1) is 7.76. The molecule has 6 heteroatoms. The minimum atomic E-state index is -4.33. The van der Waals surface area contributed by atoms with Crippen molar-refractivity contribution in [3.8, 4) is 0 Å². The molecule has 2 unspecified atom stereocenters. The van der Waals surface area contributed by atoms with Crippen molar-refractivity contribution < 1.29 is 18.0 Å². The van der Waals surface area contributed by atoms with Gasteiger partial charge in [-0.3, -0.25) is 4.79 Å². The van der Waals surface area contributed by atoms with E-state index in [1.807, 2.05) is 0 Å². The SMILES string of the molecule is CCC(Br)C(=O)N(CC(F)(F)F)C(C)C1CC1. The third-order valence-corrected chi connectivity index (χ3v) is 4.09. The molecule has 1 fully saturated rings. The molecule has 0 saturated heterocycles. The number of hydrogen-bond donors (Lipinski definition) is 0. The summed E-state index contributed by atoms with van der Waals surface area (Å²) in [4.78, 5) is 12.4. The summed E-state index contributed by atoms with van der Waals surface area (Å²) in [7, 11) is 0. The van der Waals surface area contributed by atoms with Gasteiger partial charge < -0.3 is 4.90 Å². The van der Waals surface area contributed by atoms with Crippen molar-refractivity contribution in [2.24, 2.45) is 5.92 Å². The van der Waals surface area contributed by atoms with Gasteiger partial charge in [-0.05, 0) is 32.1 Å². The van der Waals surface area contributed by atoms with Gasteiger partial charge in [0.2, 0.25) is 5.91 Å². The van der Waals surface area contributed by atoms with Crippen molar-refractivity contribution in [3.05, 3.63) is 0 Å². The van der Waals surface area contributed by atoms with Gasteiger partial charge in [0, 0.05) is 6.04 Å². The van der Waals surface area contributed by atoms with E-state index in [-0.39, 0.29) is 12.0 Å². The van der Waals surface area contributed by atoms with Crippen LogP contribution in [0.1, 0.15) is 33.1 Å². The zero-order valence-corrected chi connectivity index (χ0v) is 11.5. The zero-order chi connectivity index (χ0) is 13.2. The Morgan fingerprint density at radius 3 is 2.35 bits per heavy atom. The van der Waals surface area contributed by atoms with Crippen molar-refractivity contribution in [3.63, 3.8) is 0 Å². The standard InChI is InChI=1S/C11H17BrF3NO/c1-3-9(12)10(17)16(6-11(13,14)15)7(2)8-4-5-8/h7-9H,3-6H2,1-2H3. The first kappa shape index (κ1) is 14.8. The van der Waals surface area contributed by atoms with Crippen LogP contribution in [0.15, 0.2) is 0 Å². The number of nitrogens with zero attached hydrogens (tertiary/aromatic N) is 1. The van der Waals surface area contributed by atoms with Gasteiger partial charge in [0.1, 0.15) is 6.54 Å². The molecule has 1 amide bonds. The third-order valence-electron chi connectivity index (χ3n) is 3.05. The van der Waals surface area contributed by atoms with Crippen LogP contribution in [0, 0.1) is 5.92 Å². The highest BCUT2D eigenvalue weighted by Gasteiger charge is 2.41. The molecule has 0 aromatic carbocycles. The van der Waals surface area contributed by atoms with Crippen LogP contribution in [-0.2, 0) is 4.79 Å². The van der Waals surface area contributed by atoms with E-state index in [0.717, 1.165) is 17.7 Å². The summed E-state index contributed by atoms with van der Waals surface area (Å²) >= 11 is 3.13. The summed E-state index contributed by atoms with van der Waals surface area (Å²) in [6.45, 7) is 2.33. The number of rotatable bonds is 5. The second-order valence-corrected chi connectivity index (χ2v) is 5.64. The van der Waals surface area contributed by atoms with E-state index in [1.54, 1.807) is 13.8 Å². The van der Waals surface area contributed by atoms with Crippen LogP contribution in [-0.4, -0.2) is 34.4 Å². The van der Waals surface area contributed by atoms with Crippen LogP contribution in [0.25, 0.3) is 0 Å². The van der Waals surface area contributed by atoms with Crippen molar-refractivity contribution in [1.29, 1.82) is 0 Å². The maximum atomic E-state index is 12.5. The minimum absolute atomic E-state index is 0.234. The lowest BCUT2D eigenvalue weighted by molar-refractivity contribution is -0.165. The first-order valence-electron chi connectivity index (χ1n) is 5.77. The minimum Gasteiger partial charge on any atom is -0.330 e. The molecule has 0 aromatic heterocycles. The predicted octanol–water partition coefficient (Wildman–Crippen LogP) is 3.35. The molecular weight excluding hydrogens is 299 g/mol. The van der Waals surface area contributed by atoms with Crippen LogP contribution in [0.2, 0.25) is 0 Å². The molecule has 1 aliphatic rings. The van der Waals surface area contributed by atoms with E-state index in [4.69, 9.17) is 0 Å². The Kier molecular flexibility index (Phi) is 4.86. The average molecular weight is 316 g/mol. The molecule has 1 saturated carbocycles. The molecule has 0 heterocycles. The number of carbonyl (C=O) groups is 1. The molecule has 0 spiro atoms. The van der Waals surface area contributed by atoms with E-state index < -0.39 is 23.5 Å². The number of halogens is 4. The quantitative estimate of drug-likeness (QED) is 0.712. The fourth-order valence-electron chi connectivity index (χ4n) is 1.80. The highest BCUT2D eigenvalue weighted by Crippen LogP contribution is 2.36. The summed E-state index contributed by atoms with van der Waals surface area (Å²) in [5, 5.41) is 0. The van der Waals surface area contributed by atoms with E-state index >= 15 is 0 Å². The van der Waals surface area contributed by atoms with Gasteiger partial charge in [0.25, 0.3) is 0 Å². The number of alkyl halides is 4. The molecule has 17 heavy (non-hydrogen) atoms. The molecule has 1 aliphatic carbocycles. The second kappa shape index (κ2) is 5.59. The molecule has 100 valence electrons. The predicted molar refractivity (Wildman–Crippen MR) is 63.0 cm³/mol. The largest absolute Gasteiger partial charge is 0.406 e. The van der Waals surface area contributed by atoms with Crippen LogP contribution in [0.5, 0.6) is 0 Å². The highest BCUT2D eigenvalue weighted by atomic mass is 79.9. The number of amides is 1. The summed E-state index contributed by atoms with van der Waals surface area (Å²) < 4.78 is 37.4. The van der Waals surface area contributed by atoms with Crippen molar-refractivity contribution in [2.75, 3.05) is 6.54 Å². The molecule has 0 aliphatic heterocycles. The molecule has 1 rings (SSSR count). The van der Waals surface area contributed by atoms with E-state index in [0.29, 0.717) is 6.42 Å². The highest BCUT2D eigenvalue weighted by molar-refractivity contribution is 9.10. The van der Waals surface area contributed by atoms with Crippen molar-refractivity contribution >= 4 is 21.8 Å². The maximum absolute atomic E-state index is 12.5. The summed E-state index contributed by atoms with van der Waals surface area (Å²) in [5.74, 6) is -0.220. The first-order valence-corrected chi connectivity index (χ1v) is 6.69. The number of carbonyl (C=O) groups excluding carboxylic acids is 1. The average Bonchev–Trinajstić information content (AvgIpc) is 3.05. The van der Waals surface area contributed by atoms with E-state index in [9.17, 15) is 18.0 Å². The van der Waals surface area contributed by atoms with Crippen LogP contribution in [0.4, 0.5) is 13.2 Å². The molecular formula is C11H17BrF3NO. The molecule has 0 aromatic rings. The van der Waals surface area contributed by atoms with Crippen molar-refractivity contribution in [2.45, 2.75) is 50.2 Å². The Morgan fingerprint density at radius 2 is 2.00 bits per heavy atom. The van der Waals surface area contributed by atoms with Gasteiger partial charge in [-0.1, -0.05) is 22.9 Å². The lowest BCUT2D eigenvalue weighted by atomic mass is 10.1. The Morgan fingerprint density at radius 1 is 1.47 bits per heavy atom. The molecule has 2 nitrogen and oxygen atoms in total. The molecule has 0 bridgehead atoms. The third kappa shape index (κ3) is 4.48. The summed E-state index contributed by atoms with van der Waals surface area (Å²) in [6.07, 6.45) is -2.01. The Hall–Kier alpha value is -0.260. The van der Waals surface area contributed by atoms with Crippen LogP contribution in [0.3, 0.4) is 0 Å². The van der Waals surface area contributed by atoms with Crippen LogP contribution < -0.4 is 0 Å². The number of hydrogen-bond acceptors (Lipinski definition) is 1. The van der Waals surface area contributed by atoms with E-state index in [1.165, 1.54) is 0 Å². The monoisotopic (exact) mass is 315 g/mol. The molecule has 0 N–H and O–H groups in total. The fraction of sp³-hybridized carbons (Fsp3) is 0.909. The van der Waals surface area contributed by atoms with Crippen molar-refractivity contribution in [1.82, 2.24) is 4.90 Å². The van der Waals surface area contributed by atoms with Gasteiger partial charge in [-0.25, -0.2) is 0 Å². The maximum Gasteiger partial charge on any atom is 0.406 e. The Balaban J connectivity index is 2.73. The Bertz CT molecular complexity index is 278. The van der Waals surface area contributed by atoms with Gasteiger partial charge in [0.15, 0.2) is 0 Å². The fourth-order valence-corrected chi connectivity index (χ4v) is 2.07. The van der Waals surface area contributed by atoms with Gasteiger partial charge >= 0.3 is 6.18 Å². The molecule has 0 radical (unpaired) electrons. The second-order valence-electron chi connectivity index (χ2n) is 4.54. The van der Waals surface area contributed by atoms with Crippen LogP contribution >= 0.6 is 15.9 Å². The lowest BCUT2D eigenvalue weighted by Crippen LogP contribution is -2.48. The summed E-state index contributed by atoms with van der Waals surface area (Å²) in [6, 6.07) is -0.323. The normalized spacial score (nSPS) is 19.9. The Labute approximate surface area is 108 Å². The zero-order valence-electron chi connectivity index (χ0n) is 9.93. The van der Waals surface area contributed by atoms with Gasteiger partial charge in [0.05, 0.1) is 4.83 Å².